The summed E-state index contributed by atoms with van der Waals surface area (Å²) < 4.78 is 35.0. The van der Waals surface area contributed by atoms with Crippen LogP contribution in [0.25, 0.3) is 11.1 Å². The minimum Gasteiger partial charge on any atom is -0.374 e. The molecule has 36 heavy (non-hydrogen) atoms. The van der Waals surface area contributed by atoms with Crippen LogP contribution in [0.5, 0.6) is 0 Å². The fraction of sp³-hybridized carbons (Fsp3) is 0.455. The van der Waals surface area contributed by atoms with Gasteiger partial charge in [-0.1, -0.05) is 73.7 Å². The normalized spacial score (nSPS) is 26.6. The van der Waals surface area contributed by atoms with Gasteiger partial charge in [-0.25, -0.2) is 8.78 Å². The van der Waals surface area contributed by atoms with E-state index in [-0.39, 0.29) is 5.60 Å². The minimum absolute atomic E-state index is 0.115. The fourth-order valence-electron chi connectivity index (χ4n) is 6.87. The molecule has 0 spiro atoms. The smallest absolute Gasteiger partial charge is 0.166 e. The molecule has 0 saturated heterocycles. The summed E-state index contributed by atoms with van der Waals surface area (Å²) >= 11 is 0. The van der Waals surface area contributed by atoms with Crippen molar-refractivity contribution < 1.29 is 13.5 Å². The molecule has 190 valence electrons. The lowest BCUT2D eigenvalue weighted by Gasteiger charge is -2.43. The van der Waals surface area contributed by atoms with Crippen LogP contribution in [0.1, 0.15) is 80.9 Å². The molecule has 0 amide bonds. The predicted octanol–water partition coefficient (Wildman–Crippen LogP) is 9.20. The van der Waals surface area contributed by atoms with Crippen LogP contribution in [-0.4, -0.2) is 7.11 Å². The summed E-state index contributed by atoms with van der Waals surface area (Å²) in [6.45, 7) is 1.84. The van der Waals surface area contributed by atoms with E-state index in [4.69, 9.17) is 4.74 Å². The molecule has 2 aliphatic carbocycles. The highest BCUT2D eigenvalue weighted by atomic mass is 19.2. The van der Waals surface area contributed by atoms with Gasteiger partial charge in [-0.05, 0) is 97.8 Å². The van der Waals surface area contributed by atoms with Crippen molar-refractivity contribution in [1.82, 2.24) is 0 Å². The number of hydrogen-bond donors (Lipinski definition) is 0. The summed E-state index contributed by atoms with van der Waals surface area (Å²) in [6.07, 6.45) is 10.2. The third-order valence-electron chi connectivity index (χ3n) is 9.20. The SMILES string of the molecule is CCc1ccc(-c2ccc(C3CCC(C4CCC(OC)(c5ccccc5)CC4)CC3)cc2)c(F)c1F. The molecule has 0 N–H and O–H groups in total. The number of rotatable bonds is 6. The monoisotopic (exact) mass is 488 g/mol. The Balaban J connectivity index is 1.18. The Morgan fingerprint density at radius 1 is 0.750 bits per heavy atom. The number of benzene rings is 3. The number of methoxy groups -OCH3 is 1. The third-order valence-corrected chi connectivity index (χ3v) is 9.20. The Morgan fingerprint density at radius 3 is 2.00 bits per heavy atom. The average molecular weight is 489 g/mol. The minimum atomic E-state index is -0.736. The van der Waals surface area contributed by atoms with Crippen molar-refractivity contribution in [3.8, 4) is 11.1 Å². The van der Waals surface area contributed by atoms with E-state index in [1.807, 2.05) is 26.2 Å². The highest BCUT2D eigenvalue weighted by molar-refractivity contribution is 5.65. The molecule has 0 aromatic heterocycles. The van der Waals surface area contributed by atoms with Gasteiger partial charge < -0.3 is 4.74 Å². The number of ether oxygens (including phenoxy) is 1. The zero-order valence-corrected chi connectivity index (χ0v) is 21.6. The Hall–Kier alpha value is -2.52. The van der Waals surface area contributed by atoms with E-state index >= 15 is 0 Å². The topological polar surface area (TPSA) is 9.23 Å². The summed E-state index contributed by atoms with van der Waals surface area (Å²) in [4.78, 5) is 0. The van der Waals surface area contributed by atoms with Crippen LogP contribution in [0.4, 0.5) is 8.78 Å². The van der Waals surface area contributed by atoms with E-state index in [0.717, 1.165) is 30.2 Å². The van der Waals surface area contributed by atoms with Gasteiger partial charge in [0.05, 0.1) is 5.60 Å². The van der Waals surface area contributed by atoms with Gasteiger partial charge in [-0.15, -0.1) is 0 Å². The first-order valence-corrected chi connectivity index (χ1v) is 13.7. The summed E-state index contributed by atoms with van der Waals surface area (Å²) in [5, 5.41) is 0. The van der Waals surface area contributed by atoms with Gasteiger partial charge >= 0.3 is 0 Å². The maximum atomic E-state index is 14.6. The molecule has 0 radical (unpaired) electrons. The molecule has 1 nitrogen and oxygen atoms in total. The lowest BCUT2D eigenvalue weighted by Crippen LogP contribution is -2.36. The predicted molar refractivity (Wildman–Crippen MR) is 143 cm³/mol. The lowest BCUT2D eigenvalue weighted by atomic mass is 9.66. The van der Waals surface area contributed by atoms with E-state index in [9.17, 15) is 8.78 Å². The zero-order valence-electron chi connectivity index (χ0n) is 21.6. The van der Waals surface area contributed by atoms with Crippen molar-refractivity contribution in [3.63, 3.8) is 0 Å². The van der Waals surface area contributed by atoms with Gasteiger partial charge in [-0.2, -0.15) is 0 Å². The quantitative estimate of drug-likeness (QED) is 0.336. The van der Waals surface area contributed by atoms with Crippen LogP contribution in [-0.2, 0) is 16.8 Å². The van der Waals surface area contributed by atoms with Crippen LogP contribution in [0.15, 0.2) is 66.7 Å². The molecule has 2 fully saturated rings. The summed E-state index contributed by atoms with van der Waals surface area (Å²) in [5.74, 6) is 0.710. The highest BCUT2D eigenvalue weighted by Gasteiger charge is 2.39. The number of hydrogen-bond acceptors (Lipinski definition) is 1. The zero-order chi connectivity index (χ0) is 25.1. The van der Waals surface area contributed by atoms with E-state index in [2.05, 4.69) is 42.5 Å². The molecular weight excluding hydrogens is 450 g/mol. The Labute approximate surface area is 214 Å². The van der Waals surface area contributed by atoms with Gasteiger partial charge in [0.2, 0.25) is 0 Å². The molecule has 3 aromatic rings. The number of aryl methyl sites for hydroxylation is 1. The van der Waals surface area contributed by atoms with Gasteiger partial charge in [0.1, 0.15) is 0 Å². The Kier molecular flexibility index (Phi) is 7.57. The molecular formula is C33H38F2O. The van der Waals surface area contributed by atoms with Crippen LogP contribution in [0.3, 0.4) is 0 Å². The maximum absolute atomic E-state index is 14.6. The molecule has 2 aliphatic rings. The van der Waals surface area contributed by atoms with Crippen molar-refractivity contribution in [1.29, 1.82) is 0 Å². The van der Waals surface area contributed by atoms with Crippen LogP contribution >= 0.6 is 0 Å². The highest BCUT2D eigenvalue weighted by Crippen LogP contribution is 2.48. The first-order chi connectivity index (χ1) is 17.5. The van der Waals surface area contributed by atoms with Gasteiger partial charge in [0.25, 0.3) is 0 Å². The first-order valence-electron chi connectivity index (χ1n) is 13.7. The van der Waals surface area contributed by atoms with Gasteiger partial charge in [-0.3, -0.25) is 0 Å². The van der Waals surface area contributed by atoms with E-state index in [1.165, 1.54) is 49.7 Å². The van der Waals surface area contributed by atoms with E-state index in [1.54, 1.807) is 12.1 Å². The Morgan fingerprint density at radius 2 is 1.39 bits per heavy atom. The largest absolute Gasteiger partial charge is 0.374 e. The number of halogens is 2. The summed E-state index contributed by atoms with van der Waals surface area (Å²) in [5.41, 5.74) is 4.05. The molecule has 5 rings (SSSR count). The fourth-order valence-corrected chi connectivity index (χ4v) is 6.87. The Bertz CT molecular complexity index is 1140. The average Bonchev–Trinajstić information content (AvgIpc) is 2.95. The van der Waals surface area contributed by atoms with Crippen molar-refractivity contribution in [2.24, 2.45) is 11.8 Å². The van der Waals surface area contributed by atoms with Crippen molar-refractivity contribution in [2.75, 3.05) is 7.11 Å². The van der Waals surface area contributed by atoms with Crippen molar-refractivity contribution >= 4 is 0 Å². The molecule has 0 atom stereocenters. The van der Waals surface area contributed by atoms with Gasteiger partial charge in [0.15, 0.2) is 11.6 Å². The summed E-state index contributed by atoms with van der Waals surface area (Å²) in [6, 6.07) is 22.3. The molecule has 3 aromatic carbocycles. The molecule has 2 saturated carbocycles. The van der Waals surface area contributed by atoms with Crippen LogP contribution in [0.2, 0.25) is 0 Å². The molecule has 0 bridgehead atoms. The van der Waals surface area contributed by atoms with E-state index < -0.39 is 11.6 Å². The molecule has 0 aliphatic heterocycles. The molecule has 3 heteroatoms. The van der Waals surface area contributed by atoms with Crippen LogP contribution in [0, 0.1) is 23.5 Å². The first kappa shape index (κ1) is 25.1. The maximum Gasteiger partial charge on any atom is 0.166 e. The molecule has 0 unspecified atom stereocenters. The second-order valence-electron chi connectivity index (χ2n) is 10.9. The van der Waals surface area contributed by atoms with Crippen molar-refractivity contribution in [2.45, 2.75) is 76.2 Å². The van der Waals surface area contributed by atoms with Crippen molar-refractivity contribution in [3.05, 3.63) is 95.1 Å². The third kappa shape index (κ3) is 4.87. The van der Waals surface area contributed by atoms with Crippen LogP contribution < -0.4 is 0 Å². The lowest BCUT2D eigenvalue weighted by molar-refractivity contribution is -0.0619. The molecule has 0 heterocycles. The second kappa shape index (κ2) is 10.8. The second-order valence-corrected chi connectivity index (χ2v) is 10.9. The van der Waals surface area contributed by atoms with Gasteiger partial charge in [0, 0.05) is 12.7 Å². The standard InChI is InChI=1S/C33H38F2O/c1-3-23-17-18-30(32(35)31(23)34)28-15-13-25(14-16-28)24-9-11-26(12-10-24)27-19-21-33(36-2,22-20-27)29-7-5-4-6-8-29/h4-8,13-18,24,26-27H,3,9-12,19-22H2,1-2H3. The summed E-state index contributed by atoms with van der Waals surface area (Å²) in [7, 11) is 1.87. The van der Waals surface area contributed by atoms with E-state index in [0.29, 0.717) is 23.5 Å².